The number of aliphatic hydroxyl groups is 1. The van der Waals surface area contributed by atoms with Crippen LogP contribution in [0, 0.1) is 5.41 Å². The van der Waals surface area contributed by atoms with Crippen LogP contribution in [0.15, 0.2) is 79.1 Å². The maximum atomic E-state index is 13.6. The third-order valence-electron chi connectivity index (χ3n) is 6.77. The lowest BCUT2D eigenvalue weighted by Gasteiger charge is -2.32. The monoisotopic (exact) mass is 412 g/mol. The maximum absolute atomic E-state index is 13.6. The summed E-state index contributed by atoms with van der Waals surface area (Å²) in [5.41, 5.74) is 5.02. The highest BCUT2D eigenvalue weighted by Crippen LogP contribution is 2.43. The molecule has 4 heteroatoms. The number of amides is 1. The smallest absolute Gasteiger partial charge is 0.258 e. The number of allylic oxidation sites excluding steroid dienone is 2. The molecule has 0 bridgehead atoms. The zero-order valence-electron chi connectivity index (χ0n) is 17.7. The van der Waals surface area contributed by atoms with Crippen LogP contribution in [0.3, 0.4) is 0 Å². The lowest BCUT2D eigenvalue weighted by atomic mass is 9.72. The summed E-state index contributed by atoms with van der Waals surface area (Å²) in [5.74, 6) is 0.0550. The fourth-order valence-corrected chi connectivity index (χ4v) is 5.03. The van der Waals surface area contributed by atoms with Gasteiger partial charge in [-0.2, -0.15) is 0 Å². The van der Waals surface area contributed by atoms with E-state index in [1.165, 1.54) is 24.8 Å². The molecule has 2 heterocycles. The average Bonchev–Trinajstić information content (AvgIpc) is 3.24. The Hall–Kier alpha value is -3.11. The molecule has 0 fully saturated rings. The Morgan fingerprint density at radius 1 is 1.03 bits per heavy atom. The standard InChI is InChI=1S/C27H28N2O2/c30-20-21-12-16-28(19-21)24-10-8-22(9-11-24)26(31)29-17-15-27(13-4-1-5-14-27)18-23-6-2-3-7-25(23)29/h2-4,6-13,16,19,30H,1,5,14-15,17-18,20H2. The first-order valence-electron chi connectivity index (χ1n) is 11.1. The molecule has 31 heavy (non-hydrogen) atoms. The van der Waals surface area contributed by atoms with E-state index in [1.807, 2.05) is 58.3 Å². The molecule has 2 aromatic carbocycles. The van der Waals surface area contributed by atoms with Crippen molar-refractivity contribution in [2.45, 2.75) is 38.7 Å². The van der Waals surface area contributed by atoms with E-state index in [4.69, 9.17) is 0 Å². The molecular formula is C27H28N2O2. The highest BCUT2D eigenvalue weighted by molar-refractivity contribution is 6.06. The molecule has 1 amide bonds. The van der Waals surface area contributed by atoms with Crippen LogP contribution in [0.1, 0.15) is 47.2 Å². The van der Waals surface area contributed by atoms with Gasteiger partial charge >= 0.3 is 0 Å². The minimum absolute atomic E-state index is 0.0224. The van der Waals surface area contributed by atoms with Gasteiger partial charge in [0, 0.05) is 35.9 Å². The van der Waals surface area contributed by atoms with E-state index in [2.05, 4.69) is 30.4 Å². The Bertz CT molecular complexity index is 1110. The summed E-state index contributed by atoms with van der Waals surface area (Å²) < 4.78 is 1.96. The summed E-state index contributed by atoms with van der Waals surface area (Å²) in [6, 6.07) is 18.0. The molecule has 1 aliphatic carbocycles. The number of carbonyl (C=O) groups excluding carboxylic acids is 1. The fourth-order valence-electron chi connectivity index (χ4n) is 5.03. The summed E-state index contributed by atoms with van der Waals surface area (Å²) in [6.07, 6.45) is 14.1. The Balaban J connectivity index is 1.43. The lowest BCUT2D eigenvalue weighted by molar-refractivity contribution is 0.0985. The summed E-state index contributed by atoms with van der Waals surface area (Å²) >= 11 is 0. The largest absolute Gasteiger partial charge is 0.392 e. The Morgan fingerprint density at radius 2 is 1.87 bits per heavy atom. The molecule has 0 saturated carbocycles. The van der Waals surface area contributed by atoms with Crippen LogP contribution in [-0.4, -0.2) is 22.1 Å². The lowest BCUT2D eigenvalue weighted by Crippen LogP contribution is -2.33. The van der Waals surface area contributed by atoms with E-state index in [0.717, 1.165) is 36.3 Å². The molecule has 158 valence electrons. The van der Waals surface area contributed by atoms with Gasteiger partial charge in [-0.15, -0.1) is 0 Å². The van der Waals surface area contributed by atoms with Crippen molar-refractivity contribution in [1.82, 2.24) is 4.57 Å². The summed E-state index contributed by atoms with van der Waals surface area (Å²) in [4.78, 5) is 15.5. The van der Waals surface area contributed by atoms with E-state index in [9.17, 15) is 9.90 Å². The van der Waals surface area contributed by atoms with Gasteiger partial charge in [0.15, 0.2) is 0 Å². The fraction of sp³-hybridized carbons (Fsp3) is 0.296. The van der Waals surface area contributed by atoms with Crippen LogP contribution in [0.4, 0.5) is 5.69 Å². The van der Waals surface area contributed by atoms with E-state index in [1.54, 1.807) is 0 Å². The molecule has 3 aromatic rings. The van der Waals surface area contributed by atoms with Crippen molar-refractivity contribution in [2.75, 3.05) is 11.4 Å². The molecular weight excluding hydrogens is 384 g/mol. The van der Waals surface area contributed by atoms with Crippen molar-refractivity contribution in [3.63, 3.8) is 0 Å². The molecule has 1 N–H and O–H groups in total. The molecule has 1 aromatic heterocycles. The number of nitrogens with zero attached hydrogens (tertiary/aromatic N) is 2. The SMILES string of the molecule is O=C(c1ccc(-n2ccc(CO)c2)cc1)N1CCC2(C=CCCC2)Cc2ccccc21. The van der Waals surface area contributed by atoms with E-state index < -0.39 is 0 Å². The molecule has 5 rings (SSSR count). The van der Waals surface area contributed by atoms with Crippen molar-refractivity contribution < 1.29 is 9.90 Å². The molecule has 1 atom stereocenters. The first-order chi connectivity index (χ1) is 15.2. The number of para-hydroxylation sites is 1. The first kappa shape index (κ1) is 19.8. The number of fused-ring (bicyclic) bond motifs is 1. The predicted molar refractivity (Wildman–Crippen MR) is 124 cm³/mol. The third kappa shape index (κ3) is 3.84. The van der Waals surface area contributed by atoms with Gasteiger partial charge in [-0.3, -0.25) is 4.79 Å². The highest BCUT2D eigenvalue weighted by Gasteiger charge is 2.35. The minimum Gasteiger partial charge on any atom is -0.392 e. The number of anilines is 1. The second kappa shape index (κ2) is 8.20. The molecule has 0 saturated heterocycles. The van der Waals surface area contributed by atoms with E-state index >= 15 is 0 Å². The van der Waals surface area contributed by atoms with Gasteiger partial charge in [0.1, 0.15) is 0 Å². The van der Waals surface area contributed by atoms with Crippen LogP contribution in [-0.2, 0) is 13.0 Å². The molecule has 0 radical (unpaired) electrons. The Morgan fingerprint density at radius 3 is 2.61 bits per heavy atom. The van der Waals surface area contributed by atoms with Crippen LogP contribution in [0.2, 0.25) is 0 Å². The normalized spacial score (nSPS) is 20.5. The quantitative estimate of drug-likeness (QED) is 0.594. The summed E-state index contributed by atoms with van der Waals surface area (Å²) in [7, 11) is 0. The van der Waals surface area contributed by atoms with Gasteiger partial charge in [0.25, 0.3) is 5.91 Å². The second-order valence-corrected chi connectivity index (χ2v) is 8.80. The van der Waals surface area contributed by atoms with Gasteiger partial charge < -0.3 is 14.6 Å². The predicted octanol–water partition coefficient (Wildman–Crippen LogP) is 5.29. The van der Waals surface area contributed by atoms with Gasteiger partial charge in [-0.25, -0.2) is 0 Å². The van der Waals surface area contributed by atoms with Crippen molar-refractivity contribution in [2.24, 2.45) is 5.41 Å². The number of carbonyl (C=O) groups is 1. The molecule has 4 nitrogen and oxygen atoms in total. The molecule has 1 spiro atoms. The van der Waals surface area contributed by atoms with Gasteiger partial charge in [-0.1, -0.05) is 30.4 Å². The summed E-state index contributed by atoms with van der Waals surface area (Å²) in [6.45, 7) is 0.758. The van der Waals surface area contributed by atoms with Gasteiger partial charge in [0.05, 0.1) is 6.61 Å². The number of rotatable bonds is 3. The van der Waals surface area contributed by atoms with E-state index in [0.29, 0.717) is 5.56 Å². The molecule has 1 unspecified atom stereocenters. The number of benzene rings is 2. The zero-order valence-corrected chi connectivity index (χ0v) is 17.7. The Kier molecular flexibility index (Phi) is 5.24. The highest BCUT2D eigenvalue weighted by atomic mass is 16.3. The first-order valence-corrected chi connectivity index (χ1v) is 11.1. The van der Waals surface area contributed by atoms with Crippen molar-refractivity contribution in [3.8, 4) is 5.69 Å². The molecule has 1 aliphatic heterocycles. The van der Waals surface area contributed by atoms with Gasteiger partial charge in [-0.05, 0) is 85.0 Å². The van der Waals surface area contributed by atoms with Gasteiger partial charge in [0.2, 0.25) is 0 Å². The third-order valence-corrected chi connectivity index (χ3v) is 6.77. The number of hydrogen-bond donors (Lipinski definition) is 1. The second-order valence-electron chi connectivity index (χ2n) is 8.80. The van der Waals surface area contributed by atoms with Crippen molar-refractivity contribution >= 4 is 11.6 Å². The van der Waals surface area contributed by atoms with Crippen LogP contribution < -0.4 is 4.90 Å². The molecule has 2 aliphatic rings. The average molecular weight is 413 g/mol. The van der Waals surface area contributed by atoms with Crippen LogP contribution >= 0.6 is 0 Å². The number of aliphatic hydroxyl groups excluding tert-OH is 1. The number of hydrogen-bond acceptors (Lipinski definition) is 2. The maximum Gasteiger partial charge on any atom is 0.258 e. The Labute approximate surface area is 183 Å². The van der Waals surface area contributed by atoms with Crippen molar-refractivity contribution in [1.29, 1.82) is 0 Å². The topological polar surface area (TPSA) is 45.5 Å². The zero-order chi connectivity index (χ0) is 21.3. The van der Waals surface area contributed by atoms with Crippen LogP contribution in [0.25, 0.3) is 5.69 Å². The summed E-state index contributed by atoms with van der Waals surface area (Å²) in [5, 5.41) is 9.29. The van der Waals surface area contributed by atoms with Crippen LogP contribution in [0.5, 0.6) is 0 Å². The van der Waals surface area contributed by atoms with Crippen molar-refractivity contribution in [3.05, 3.63) is 95.8 Å². The minimum atomic E-state index is 0.0224. The number of aromatic nitrogens is 1. The van der Waals surface area contributed by atoms with E-state index in [-0.39, 0.29) is 17.9 Å².